The van der Waals surface area contributed by atoms with Crippen molar-refractivity contribution >= 4 is 44.3 Å². The van der Waals surface area contributed by atoms with E-state index in [9.17, 15) is 13.2 Å². The van der Waals surface area contributed by atoms with Crippen LogP contribution >= 0.6 is 11.6 Å². The summed E-state index contributed by atoms with van der Waals surface area (Å²) in [5.41, 5.74) is 1.99. The van der Waals surface area contributed by atoms with Crippen LogP contribution < -0.4 is 5.32 Å². The Morgan fingerprint density at radius 3 is 2.83 bits per heavy atom. The molecule has 2 aromatic carbocycles. The van der Waals surface area contributed by atoms with Crippen LogP contribution in [0.1, 0.15) is 36.0 Å². The minimum absolute atomic E-state index is 0.0477. The van der Waals surface area contributed by atoms with Gasteiger partial charge in [0.1, 0.15) is 10.4 Å². The van der Waals surface area contributed by atoms with E-state index in [0.717, 1.165) is 12.8 Å². The summed E-state index contributed by atoms with van der Waals surface area (Å²) in [6.45, 7) is 4.68. The van der Waals surface area contributed by atoms with Gasteiger partial charge in [0.2, 0.25) is 10.0 Å². The molecule has 3 aromatic rings. The molecule has 1 saturated heterocycles. The Hall–Kier alpha value is -2.42. The molecule has 0 saturated carbocycles. The number of halogens is 1. The summed E-state index contributed by atoms with van der Waals surface area (Å²) < 4.78 is 33.1. The van der Waals surface area contributed by atoms with Crippen molar-refractivity contribution in [2.24, 2.45) is 5.92 Å². The number of hydrogen-bond acceptors (Lipinski definition) is 5. The van der Waals surface area contributed by atoms with Gasteiger partial charge in [0, 0.05) is 31.3 Å². The zero-order valence-electron chi connectivity index (χ0n) is 16.7. The van der Waals surface area contributed by atoms with Crippen LogP contribution in [0.5, 0.6) is 0 Å². The number of carbonyl (C=O) groups is 1. The summed E-state index contributed by atoms with van der Waals surface area (Å²) in [7, 11) is -3.78. The molecule has 1 aliphatic rings. The normalized spacial score (nSPS) is 17.9. The molecule has 0 bridgehead atoms. The predicted molar refractivity (Wildman–Crippen MR) is 115 cm³/mol. The maximum absolute atomic E-state index is 13.1. The molecule has 1 aromatic heterocycles. The number of carbonyl (C=O) groups excluding carboxylic acids is 1. The van der Waals surface area contributed by atoms with Gasteiger partial charge in [-0.2, -0.15) is 4.31 Å². The molecule has 0 spiro atoms. The molecule has 2 heterocycles. The lowest BCUT2D eigenvalue weighted by Crippen LogP contribution is -2.39. The molecule has 7 nitrogen and oxygen atoms in total. The molecular weight excluding hydrogens is 426 g/mol. The number of aryl methyl sites for hydroxylation is 1. The van der Waals surface area contributed by atoms with Crippen LogP contribution in [0.25, 0.3) is 11.1 Å². The van der Waals surface area contributed by atoms with Gasteiger partial charge >= 0.3 is 0 Å². The number of rotatable bonds is 4. The van der Waals surface area contributed by atoms with E-state index in [2.05, 4.69) is 10.3 Å². The lowest BCUT2D eigenvalue weighted by molar-refractivity contribution is 0.102. The average molecular weight is 448 g/mol. The second-order valence-corrected chi connectivity index (χ2v) is 9.94. The van der Waals surface area contributed by atoms with Gasteiger partial charge in [-0.05, 0) is 55.2 Å². The molecule has 1 atom stereocenters. The molecule has 158 valence electrons. The first-order valence-corrected chi connectivity index (χ1v) is 11.5. The molecule has 1 fully saturated rings. The van der Waals surface area contributed by atoms with Crippen LogP contribution in [0.15, 0.2) is 45.7 Å². The zero-order chi connectivity index (χ0) is 21.5. The fraction of sp³-hybridized carbons (Fsp3) is 0.333. The summed E-state index contributed by atoms with van der Waals surface area (Å²) in [6.07, 6.45) is 1.81. The Bertz CT molecular complexity index is 1220. The highest BCUT2D eigenvalue weighted by atomic mass is 35.5. The minimum Gasteiger partial charge on any atom is -0.441 e. The summed E-state index contributed by atoms with van der Waals surface area (Å²) in [6, 6.07) is 9.42. The molecule has 0 aliphatic carbocycles. The van der Waals surface area contributed by atoms with Gasteiger partial charge in [0.15, 0.2) is 11.5 Å². The number of piperidine rings is 1. The molecular formula is C21H22ClN3O4S. The number of sulfonamides is 1. The molecule has 0 radical (unpaired) electrons. The van der Waals surface area contributed by atoms with Crippen molar-refractivity contribution in [1.29, 1.82) is 0 Å². The number of nitrogens with zero attached hydrogens (tertiary/aromatic N) is 2. The summed E-state index contributed by atoms with van der Waals surface area (Å²) >= 11 is 6.21. The molecule has 1 N–H and O–H groups in total. The second-order valence-electron chi connectivity index (χ2n) is 7.63. The van der Waals surface area contributed by atoms with Gasteiger partial charge in [-0.1, -0.05) is 18.5 Å². The minimum atomic E-state index is -3.78. The van der Waals surface area contributed by atoms with Crippen LogP contribution in [-0.4, -0.2) is 36.7 Å². The quantitative estimate of drug-likeness (QED) is 0.637. The fourth-order valence-corrected chi connectivity index (χ4v) is 5.77. The lowest BCUT2D eigenvalue weighted by atomic mass is 10.0. The van der Waals surface area contributed by atoms with E-state index >= 15 is 0 Å². The topological polar surface area (TPSA) is 92.5 Å². The maximum atomic E-state index is 13.1. The largest absolute Gasteiger partial charge is 0.441 e. The predicted octanol–water partition coefficient (Wildman–Crippen LogP) is 4.46. The Labute approximate surface area is 180 Å². The fourth-order valence-electron chi connectivity index (χ4n) is 3.67. The number of nitrogens with one attached hydrogen (secondary N) is 1. The van der Waals surface area contributed by atoms with Crippen LogP contribution in [-0.2, 0) is 10.0 Å². The highest BCUT2D eigenvalue weighted by Crippen LogP contribution is 2.29. The number of hydrogen-bond donors (Lipinski definition) is 1. The number of fused-ring (bicyclic) bond motifs is 1. The van der Waals surface area contributed by atoms with E-state index < -0.39 is 15.9 Å². The van der Waals surface area contributed by atoms with Crippen molar-refractivity contribution in [3.8, 4) is 0 Å². The van der Waals surface area contributed by atoms with Crippen molar-refractivity contribution in [1.82, 2.24) is 9.29 Å². The van der Waals surface area contributed by atoms with E-state index in [1.54, 1.807) is 25.1 Å². The zero-order valence-corrected chi connectivity index (χ0v) is 18.3. The van der Waals surface area contributed by atoms with Crippen LogP contribution in [0.2, 0.25) is 5.02 Å². The second kappa shape index (κ2) is 8.02. The first-order valence-electron chi connectivity index (χ1n) is 9.72. The average Bonchev–Trinajstić information content (AvgIpc) is 3.07. The molecule has 1 unspecified atom stereocenters. The molecule has 1 aliphatic heterocycles. The van der Waals surface area contributed by atoms with E-state index in [0.29, 0.717) is 35.8 Å². The Balaban J connectivity index is 1.60. The maximum Gasteiger partial charge on any atom is 0.255 e. The van der Waals surface area contributed by atoms with Gasteiger partial charge in [0.25, 0.3) is 5.91 Å². The third-order valence-electron chi connectivity index (χ3n) is 5.18. The third-order valence-corrected chi connectivity index (χ3v) is 7.53. The number of amides is 1. The van der Waals surface area contributed by atoms with Gasteiger partial charge in [-0.15, -0.1) is 0 Å². The monoisotopic (exact) mass is 447 g/mol. The SMILES string of the molecule is Cc1nc2cc(NC(=O)c3ccc(Cl)c(S(=O)(=O)N4CCCC(C)C4)c3)ccc2o1. The number of oxazole rings is 1. The number of aromatic nitrogens is 1. The Kier molecular flexibility index (Phi) is 5.57. The van der Waals surface area contributed by atoms with Crippen molar-refractivity contribution in [3.05, 3.63) is 52.9 Å². The molecule has 30 heavy (non-hydrogen) atoms. The van der Waals surface area contributed by atoms with Crippen molar-refractivity contribution in [2.75, 3.05) is 18.4 Å². The van der Waals surface area contributed by atoms with E-state index in [1.165, 1.54) is 22.5 Å². The first-order chi connectivity index (χ1) is 14.2. The summed E-state index contributed by atoms with van der Waals surface area (Å²) in [5, 5.41) is 2.87. The number of benzene rings is 2. The number of anilines is 1. The summed E-state index contributed by atoms with van der Waals surface area (Å²) in [4.78, 5) is 17.0. The smallest absolute Gasteiger partial charge is 0.255 e. The van der Waals surface area contributed by atoms with Crippen molar-refractivity contribution in [2.45, 2.75) is 31.6 Å². The third kappa shape index (κ3) is 4.08. The highest BCUT2D eigenvalue weighted by Gasteiger charge is 2.31. The van der Waals surface area contributed by atoms with Crippen molar-refractivity contribution < 1.29 is 17.6 Å². The molecule has 1 amide bonds. The van der Waals surface area contributed by atoms with Gasteiger partial charge in [-0.3, -0.25) is 4.79 Å². The standard InChI is InChI=1S/C21H22ClN3O4S/c1-13-4-3-9-25(12-13)30(27,28)20-10-15(5-7-17(20)22)21(26)24-16-6-8-19-18(11-16)23-14(2)29-19/h5-8,10-11,13H,3-4,9,12H2,1-2H3,(H,24,26). The van der Waals surface area contributed by atoms with Gasteiger partial charge in [-0.25, -0.2) is 13.4 Å². The highest BCUT2D eigenvalue weighted by molar-refractivity contribution is 7.89. The Morgan fingerprint density at radius 2 is 2.07 bits per heavy atom. The van der Waals surface area contributed by atoms with E-state index in [1.807, 2.05) is 6.92 Å². The Morgan fingerprint density at radius 1 is 1.27 bits per heavy atom. The van der Waals surface area contributed by atoms with Crippen LogP contribution in [0, 0.1) is 12.8 Å². The van der Waals surface area contributed by atoms with E-state index in [-0.39, 0.29) is 21.4 Å². The van der Waals surface area contributed by atoms with Gasteiger partial charge in [0.05, 0.1) is 5.02 Å². The lowest BCUT2D eigenvalue weighted by Gasteiger charge is -2.30. The van der Waals surface area contributed by atoms with Crippen molar-refractivity contribution in [3.63, 3.8) is 0 Å². The van der Waals surface area contributed by atoms with Gasteiger partial charge < -0.3 is 9.73 Å². The summed E-state index contributed by atoms with van der Waals surface area (Å²) in [5.74, 6) is 0.386. The van der Waals surface area contributed by atoms with E-state index in [4.69, 9.17) is 16.0 Å². The molecule has 9 heteroatoms. The van der Waals surface area contributed by atoms with Crippen LogP contribution in [0.4, 0.5) is 5.69 Å². The van der Waals surface area contributed by atoms with Crippen LogP contribution in [0.3, 0.4) is 0 Å². The first kappa shape index (κ1) is 20.8. The molecule has 4 rings (SSSR count).